The lowest BCUT2D eigenvalue weighted by atomic mass is 10.0. The molecule has 1 aliphatic rings. The Labute approximate surface area is 96.5 Å². The summed E-state index contributed by atoms with van der Waals surface area (Å²) < 4.78 is 13.7. The van der Waals surface area contributed by atoms with E-state index in [0.29, 0.717) is 12.1 Å². The van der Waals surface area contributed by atoms with Gasteiger partial charge in [-0.2, -0.15) is 0 Å². The molecule has 1 heterocycles. The molecule has 0 bridgehead atoms. The molecule has 0 radical (unpaired) electrons. The summed E-state index contributed by atoms with van der Waals surface area (Å²) in [6.45, 7) is 5.19. The number of nitrogens with one attached hydrogen (secondary N) is 1. The van der Waals surface area contributed by atoms with Crippen LogP contribution in [0, 0.1) is 5.82 Å². The van der Waals surface area contributed by atoms with Crippen molar-refractivity contribution < 1.29 is 4.39 Å². The molecule has 1 aromatic rings. The predicted octanol–water partition coefficient (Wildman–Crippen LogP) is 2.18. The van der Waals surface area contributed by atoms with Gasteiger partial charge in [0.1, 0.15) is 5.82 Å². The van der Waals surface area contributed by atoms with Crippen molar-refractivity contribution in [1.82, 2.24) is 5.32 Å². The number of benzene rings is 1. The van der Waals surface area contributed by atoms with Crippen LogP contribution in [0.1, 0.15) is 19.4 Å². The molecule has 1 aromatic carbocycles. The van der Waals surface area contributed by atoms with E-state index >= 15 is 0 Å². The zero-order valence-electron chi connectivity index (χ0n) is 10.1. The van der Waals surface area contributed by atoms with Gasteiger partial charge < -0.3 is 10.2 Å². The van der Waals surface area contributed by atoms with Gasteiger partial charge in [0.2, 0.25) is 0 Å². The first-order chi connectivity index (χ1) is 7.69. The summed E-state index contributed by atoms with van der Waals surface area (Å²) in [4.78, 5) is 2.29. The zero-order chi connectivity index (χ0) is 11.7. The zero-order valence-corrected chi connectivity index (χ0v) is 10.1. The van der Waals surface area contributed by atoms with Crippen molar-refractivity contribution in [3.8, 4) is 0 Å². The highest BCUT2D eigenvalue weighted by Gasteiger charge is 2.32. The van der Waals surface area contributed by atoms with E-state index in [1.54, 1.807) is 12.1 Å². The molecule has 0 saturated carbocycles. The molecule has 2 atom stereocenters. The smallest absolute Gasteiger partial charge is 0.128 e. The van der Waals surface area contributed by atoms with Gasteiger partial charge >= 0.3 is 0 Å². The van der Waals surface area contributed by atoms with Crippen LogP contribution in [0.25, 0.3) is 0 Å². The Bertz CT molecular complexity index is 378. The van der Waals surface area contributed by atoms with Crippen LogP contribution in [0.2, 0.25) is 0 Å². The van der Waals surface area contributed by atoms with Crippen LogP contribution in [0.5, 0.6) is 0 Å². The first-order valence-electron chi connectivity index (χ1n) is 5.90. The molecular weight excluding hydrogens is 203 g/mol. The standard InChI is InChI=1S/C13H19FN2/c1-4-16-12-7-5-6-11(14)10(12)8-13(16)9(2)15-3/h5-7,9,13,15H,4,8H2,1-3H3. The fraction of sp³-hybridized carbons (Fsp3) is 0.538. The topological polar surface area (TPSA) is 15.3 Å². The van der Waals surface area contributed by atoms with E-state index in [1.165, 1.54) is 0 Å². The number of anilines is 1. The quantitative estimate of drug-likeness (QED) is 0.843. The third-order valence-electron chi connectivity index (χ3n) is 3.59. The van der Waals surface area contributed by atoms with Crippen molar-refractivity contribution in [3.05, 3.63) is 29.6 Å². The normalized spacial score (nSPS) is 21.0. The highest BCUT2D eigenvalue weighted by Crippen LogP contribution is 2.34. The molecule has 0 aromatic heterocycles. The molecule has 1 N–H and O–H groups in total. The van der Waals surface area contributed by atoms with Gasteiger partial charge in [-0.15, -0.1) is 0 Å². The number of halogens is 1. The predicted molar refractivity (Wildman–Crippen MR) is 65.4 cm³/mol. The Morgan fingerprint density at radius 1 is 1.56 bits per heavy atom. The molecule has 2 nitrogen and oxygen atoms in total. The molecule has 0 fully saturated rings. The largest absolute Gasteiger partial charge is 0.367 e. The molecule has 0 aliphatic carbocycles. The minimum atomic E-state index is -0.0678. The lowest BCUT2D eigenvalue weighted by Gasteiger charge is -2.30. The molecule has 1 aliphatic heterocycles. The Kier molecular flexibility index (Phi) is 3.15. The Balaban J connectivity index is 2.36. The van der Waals surface area contributed by atoms with Crippen LogP contribution in [-0.4, -0.2) is 25.7 Å². The van der Waals surface area contributed by atoms with Gasteiger partial charge in [0.15, 0.2) is 0 Å². The molecule has 88 valence electrons. The van der Waals surface area contributed by atoms with E-state index in [0.717, 1.165) is 24.2 Å². The number of hydrogen-bond donors (Lipinski definition) is 1. The highest BCUT2D eigenvalue weighted by atomic mass is 19.1. The monoisotopic (exact) mass is 222 g/mol. The first-order valence-corrected chi connectivity index (χ1v) is 5.90. The molecule has 3 heteroatoms. The minimum absolute atomic E-state index is 0.0678. The van der Waals surface area contributed by atoms with Crippen molar-refractivity contribution in [2.45, 2.75) is 32.4 Å². The van der Waals surface area contributed by atoms with Crippen molar-refractivity contribution in [1.29, 1.82) is 0 Å². The van der Waals surface area contributed by atoms with Crippen LogP contribution in [0.3, 0.4) is 0 Å². The maximum atomic E-state index is 13.7. The highest BCUT2D eigenvalue weighted by molar-refractivity contribution is 5.60. The molecule has 0 amide bonds. The van der Waals surface area contributed by atoms with Crippen LogP contribution in [0.15, 0.2) is 18.2 Å². The van der Waals surface area contributed by atoms with Crippen molar-refractivity contribution in [3.63, 3.8) is 0 Å². The maximum absolute atomic E-state index is 13.7. The summed E-state index contributed by atoms with van der Waals surface area (Å²) in [5.74, 6) is -0.0678. The first kappa shape index (κ1) is 11.4. The lowest BCUT2D eigenvalue weighted by Crippen LogP contribution is -2.45. The number of likely N-dealkylation sites (N-methyl/N-ethyl adjacent to an activating group) is 2. The second kappa shape index (κ2) is 4.42. The molecule has 2 rings (SSSR count). The van der Waals surface area contributed by atoms with Crippen LogP contribution in [-0.2, 0) is 6.42 Å². The maximum Gasteiger partial charge on any atom is 0.128 e. The molecule has 16 heavy (non-hydrogen) atoms. The van der Waals surface area contributed by atoms with Gasteiger partial charge in [-0.05, 0) is 39.4 Å². The number of fused-ring (bicyclic) bond motifs is 1. The minimum Gasteiger partial charge on any atom is -0.367 e. The van der Waals surface area contributed by atoms with E-state index in [9.17, 15) is 4.39 Å². The van der Waals surface area contributed by atoms with Gasteiger partial charge in [-0.3, -0.25) is 0 Å². The summed E-state index contributed by atoms with van der Waals surface area (Å²) >= 11 is 0. The van der Waals surface area contributed by atoms with E-state index in [1.807, 2.05) is 13.1 Å². The third kappa shape index (κ3) is 1.69. The average Bonchev–Trinajstić information content (AvgIpc) is 2.68. The second-order valence-corrected chi connectivity index (χ2v) is 4.37. The van der Waals surface area contributed by atoms with Crippen LogP contribution >= 0.6 is 0 Å². The van der Waals surface area contributed by atoms with Crippen molar-refractivity contribution in [2.24, 2.45) is 0 Å². The van der Waals surface area contributed by atoms with E-state index < -0.39 is 0 Å². The molecule has 0 spiro atoms. The molecule has 2 unspecified atom stereocenters. The summed E-state index contributed by atoms with van der Waals surface area (Å²) in [5.41, 5.74) is 1.94. The Morgan fingerprint density at radius 2 is 2.31 bits per heavy atom. The van der Waals surface area contributed by atoms with Gasteiger partial charge in [-0.25, -0.2) is 4.39 Å². The number of hydrogen-bond acceptors (Lipinski definition) is 2. The fourth-order valence-corrected chi connectivity index (χ4v) is 2.56. The number of rotatable bonds is 3. The van der Waals surface area contributed by atoms with Crippen LogP contribution < -0.4 is 10.2 Å². The van der Waals surface area contributed by atoms with Gasteiger partial charge in [0.05, 0.1) is 0 Å². The average molecular weight is 222 g/mol. The van der Waals surface area contributed by atoms with E-state index in [2.05, 4.69) is 24.1 Å². The van der Waals surface area contributed by atoms with Crippen LogP contribution in [0.4, 0.5) is 10.1 Å². The second-order valence-electron chi connectivity index (χ2n) is 4.37. The molecular formula is C13H19FN2. The SMILES string of the molecule is CCN1c2cccc(F)c2CC1C(C)NC. The summed E-state index contributed by atoms with van der Waals surface area (Å²) in [6.07, 6.45) is 0.803. The summed E-state index contributed by atoms with van der Waals surface area (Å²) in [5, 5.41) is 3.26. The summed E-state index contributed by atoms with van der Waals surface area (Å²) in [7, 11) is 1.96. The Morgan fingerprint density at radius 3 is 2.94 bits per heavy atom. The molecule has 0 saturated heterocycles. The Hall–Kier alpha value is -1.09. The van der Waals surface area contributed by atoms with Crippen molar-refractivity contribution >= 4 is 5.69 Å². The lowest BCUT2D eigenvalue weighted by molar-refractivity contribution is 0.473. The fourth-order valence-electron chi connectivity index (χ4n) is 2.56. The van der Waals surface area contributed by atoms with Crippen molar-refractivity contribution in [2.75, 3.05) is 18.5 Å². The van der Waals surface area contributed by atoms with Gasteiger partial charge in [0.25, 0.3) is 0 Å². The third-order valence-corrected chi connectivity index (χ3v) is 3.59. The number of nitrogens with zero attached hydrogens (tertiary/aromatic N) is 1. The van der Waals surface area contributed by atoms with E-state index in [-0.39, 0.29) is 5.82 Å². The summed E-state index contributed by atoms with van der Waals surface area (Å²) in [6, 6.07) is 6.10. The van der Waals surface area contributed by atoms with E-state index in [4.69, 9.17) is 0 Å². The van der Waals surface area contributed by atoms with Gasteiger partial charge in [-0.1, -0.05) is 6.07 Å². The van der Waals surface area contributed by atoms with Gasteiger partial charge in [0, 0.05) is 29.9 Å².